The number of rotatable bonds is 11. The number of morpholine rings is 1. The van der Waals surface area contributed by atoms with Gasteiger partial charge < -0.3 is 25.2 Å². The van der Waals surface area contributed by atoms with Crippen molar-refractivity contribution in [1.82, 2.24) is 10.2 Å². The summed E-state index contributed by atoms with van der Waals surface area (Å²) in [6.45, 7) is 8.27. The molecule has 6 heteroatoms. The Kier molecular flexibility index (Phi) is 9.14. The summed E-state index contributed by atoms with van der Waals surface area (Å²) in [6.07, 6.45) is 12.2. The summed E-state index contributed by atoms with van der Waals surface area (Å²) in [7, 11) is 0. The molecule has 1 amide bonds. The summed E-state index contributed by atoms with van der Waals surface area (Å²) in [5, 5.41) is 24.5. The zero-order valence-corrected chi connectivity index (χ0v) is 19.4. The van der Waals surface area contributed by atoms with Crippen LogP contribution in [0.1, 0.15) is 58.8 Å². The number of amides is 1. The molecule has 0 unspecified atom stereocenters. The van der Waals surface area contributed by atoms with Gasteiger partial charge in [-0.15, -0.1) is 0 Å². The number of carbonyl (C=O) groups excluding carboxylic acids is 1. The Morgan fingerprint density at radius 1 is 1.39 bits per heavy atom. The first-order chi connectivity index (χ1) is 14.9. The van der Waals surface area contributed by atoms with Gasteiger partial charge in [0.1, 0.15) is 0 Å². The van der Waals surface area contributed by atoms with Gasteiger partial charge in [-0.1, -0.05) is 43.6 Å². The van der Waals surface area contributed by atoms with Gasteiger partial charge in [-0.05, 0) is 44.4 Å². The van der Waals surface area contributed by atoms with Gasteiger partial charge in [-0.25, -0.2) is 0 Å². The Morgan fingerprint density at radius 2 is 2.16 bits per heavy atom. The van der Waals surface area contributed by atoms with Crippen molar-refractivity contribution in [3.05, 3.63) is 23.8 Å². The third kappa shape index (κ3) is 7.14. The largest absolute Gasteiger partial charge is 0.392 e. The van der Waals surface area contributed by atoms with Crippen molar-refractivity contribution in [3.63, 3.8) is 0 Å². The van der Waals surface area contributed by atoms with Crippen molar-refractivity contribution in [2.45, 2.75) is 70.5 Å². The highest BCUT2D eigenvalue weighted by molar-refractivity contribution is 5.76. The number of unbranched alkanes of at least 4 members (excludes halogenated alkanes) is 1. The van der Waals surface area contributed by atoms with E-state index in [-0.39, 0.29) is 17.9 Å². The topological polar surface area (TPSA) is 82.0 Å². The third-order valence-corrected chi connectivity index (χ3v) is 7.17. The number of nitrogens with zero attached hydrogens (tertiary/aromatic N) is 1. The van der Waals surface area contributed by atoms with Crippen LogP contribution in [0.25, 0.3) is 0 Å². The SMILES string of the molecule is CCCC[C@](C)(O)C/C=C/[C@@H]1[C@H]2CC(CNCCC(=O)N3CCOCC3)=C[C@H]2C[C@H]1O. The Balaban J connectivity index is 1.39. The van der Waals surface area contributed by atoms with E-state index in [0.717, 1.165) is 38.6 Å². The monoisotopic (exact) mass is 434 g/mol. The molecule has 3 rings (SSSR count). The van der Waals surface area contributed by atoms with Gasteiger partial charge in [0.2, 0.25) is 5.91 Å². The fourth-order valence-electron chi connectivity index (χ4n) is 5.29. The Labute approximate surface area is 187 Å². The van der Waals surface area contributed by atoms with Gasteiger partial charge in [0.15, 0.2) is 0 Å². The highest BCUT2D eigenvalue weighted by Crippen LogP contribution is 2.47. The van der Waals surface area contributed by atoms with Crippen LogP contribution in [0.2, 0.25) is 0 Å². The molecule has 31 heavy (non-hydrogen) atoms. The lowest BCUT2D eigenvalue weighted by atomic mass is 9.88. The maximum absolute atomic E-state index is 12.2. The summed E-state index contributed by atoms with van der Waals surface area (Å²) in [4.78, 5) is 14.1. The number of ether oxygens (including phenoxy) is 1. The smallest absolute Gasteiger partial charge is 0.224 e. The first kappa shape index (κ1) is 24.4. The maximum Gasteiger partial charge on any atom is 0.224 e. The van der Waals surface area contributed by atoms with Crippen LogP contribution in [0.5, 0.6) is 0 Å². The molecule has 1 saturated carbocycles. The summed E-state index contributed by atoms with van der Waals surface area (Å²) in [5.74, 6) is 1.27. The van der Waals surface area contributed by atoms with Crippen molar-refractivity contribution >= 4 is 5.91 Å². The molecule has 0 aromatic heterocycles. The zero-order chi connectivity index (χ0) is 22.3. The lowest BCUT2D eigenvalue weighted by Crippen LogP contribution is -2.41. The zero-order valence-electron chi connectivity index (χ0n) is 19.4. The van der Waals surface area contributed by atoms with E-state index in [1.807, 2.05) is 11.8 Å². The van der Waals surface area contributed by atoms with Crippen LogP contribution < -0.4 is 5.32 Å². The van der Waals surface area contributed by atoms with Gasteiger partial charge in [-0.3, -0.25) is 4.79 Å². The number of aliphatic hydroxyl groups is 2. The van der Waals surface area contributed by atoms with Gasteiger partial charge in [0, 0.05) is 38.5 Å². The van der Waals surface area contributed by atoms with Crippen molar-refractivity contribution in [2.24, 2.45) is 17.8 Å². The number of fused-ring (bicyclic) bond motifs is 1. The highest BCUT2D eigenvalue weighted by atomic mass is 16.5. The summed E-state index contributed by atoms with van der Waals surface area (Å²) >= 11 is 0. The molecule has 1 aliphatic heterocycles. The molecule has 0 spiro atoms. The normalized spacial score (nSPS) is 30.5. The number of hydrogen-bond donors (Lipinski definition) is 3. The van der Waals surface area contributed by atoms with Gasteiger partial charge in [0.25, 0.3) is 0 Å². The second kappa shape index (κ2) is 11.6. The summed E-state index contributed by atoms with van der Waals surface area (Å²) < 4.78 is 5.30. The van der Waals surface area contributed by atoms with Crippen LogP contribution in [-0.2, 0) is 9.53 Å². The number of allylic oxidation sites excluding steroid dienone is 1. The predicted molar refractivity (Wildman–Crippen MR) is 123 cm³/mol. The second-order valence-electron chi connectivity index (χ2n) is 9.89. The highest BCUT2D eigenvalue weighted by Gasteiger charge is 2.43. The molecule has 6 nitrogen and oxygen atoms in total. The van der Waals surface area contributed by atoms with E-state index in [0.29, 0.717) is 57.5 Å². The van der Waals surface area contributed by atoms with Crippen molar-refractivity contribution in [1.29, 1.82) is 0 Å². The van der Waals surface area contributed by atoms with Gasteiger partial charge in [0.05, 0.1) is 24.9 Å². The molecule has 2 aliphatic carbocycles. The van der Waals surface area contributed by atoms with Gasteiger partial charge >= 0.3 is 0 Å². The Hall–Kier alpha value is -1.21. The summed E-state index contributed by atoms with van der Waals surface area (Å²) in [6, 6.07) is 0. The number of carbonyl (C=O) groups is 1. The average molecular weight is 435 g/mol. The minimum absolute atomic E-state index is 0.170. The lowest BCUT2D eigenvalue weighted by molar-refractivity contribution is -0.135. The number of aliphatic hydroxyl groups excluding tert-OH is 1. The molecule has 0 bridgehead atoms. The average Bonchev–Trinajstić information content (AvgIpc) is 3.27. The molecule has 3 aliphatic rings. The molecule has 5 atom stereocenters. The van der Waals surface area contributed by atoms with E-state index in [9.17, 15) is 15.0 Å². The molecule has 3 N–H and O–H groups in total. The molecule has 1 saturated heterocycles. The van der Waals surface area contributed by atoms with Crippen molar-refractivity contribution < 1.29 is 19.7 Å². The molecular formula is C25H42N2O4. The Morgan fingerprint density at radius 3 is 2.90 bits per heavy atom. The van der Waals surface area contributed by atoms with Gasteiger partial charge in [-0.2, -0.15) is 0 Å². The number of nitrogens with one attached hydrogen (secondary N) is 1. The minimum Gasteiger partial charge on any atom is -0.392 e. The minimum atomic E-state index is -0.656. The van der Waals surface area contributed by atoms with Crippen LogP contribution in [-0.4, -0.2) is 72.1 Å². The fourth-order valence-corrected chi connectivity index (χ4v) is 5.29. The molecular weight excluding hydrogens is 392 g/mol. The van der Waals surface area contributed by atoms with Crippen LogP contribution in [0.15, 0.2) is 23.8 Å². The van der Waals surface area contributed by atoms with Crippen LogP contribution in [0.3, 0.4) is 0 Å². The van der Waals surface area contributed by atoms with E-state index in [1.165, 1.54) is 5.57 Å². The second-order valence-corrected chi connectivity index (χ2v) is 9.89. The van der Waals surface area contributed by atoms with E-state index in [4.69, 9.17) is 4.74 Å². The first-order valence-electron chi connectivity index (χ1n) is 12.2. The molecule has 2 fully saturated rings. The quantitative estimate of drug-likeness (QED) is 0.344. The summed E-state index contributed by atoms with van der Waals surface area (Å²) in [5.41, 5.74) is 0.742. The standard InChI is InChI=1S/C25H42N2O4/c1-3-4-8-25(2,30)9-5-6-21-22-16-19(15-20(22)17-23(21)28)18-26-10-7-24(29)27-11-13-31-14-12-27/h5-6,15,20-23,26,28,30H,3-4,7-14,16-18H2,1-2H3/b6-5+/t20-,21+,22-,23+,25-/m0/s1. The van der Waals surface area contributed by atoms with E-state index < -0.39 is 5.60 Å². The van der Waals surface area contributed by atoms with Crippen LogP contribution in [0.4, 0.5) is 0 Å². The fraction of sp³-hybridized carbons (Fsp3) is 0.800. The molecule has 1 heterocycles. The molecule has 0 aromatic rings. The number of hydrogen-bond acceptors (Lipinski definition) is 5. The lowest BCUT2D eigenvalue weighted by Gasteiger charge is -2.26. The Bertz CT molecular complexity index is 639. The third-order valence-electron chi connectivity index (χ3n) is 7.17. The van der Waals surface area contributed by atoms with E-state index in [2.05, 4.69) is 30.5 Å². The maximum atomic E-state index is 12.2. The van der Waals surface area contributed by atoms with Crippen LogP contribution >= 0.6 is 0 Å². The molecule has 0 radical (unpaired) electrons. The predicted octanol–water partition coefficient (Wildman–Crippen LogP) is 2.66. The van der Waals surface area contributed by atoms with Crippen molar-refractivity contribution in [3.8, 4) is 0 Å². The van der Waals surface area contributed by atoms with E-state index in [1.54, 1.807) is 0 Å². The van der Waals surface area contributed by atoms with Crippen molar-refractivity contribution in [2.75, 3.05) is 39.4 Å². The molecule has 176 valence electrons. The first-order valence-corrected chi connectivity index (χ1v) is 12.2. The van der Waals surface area contributed by atoms with Crippen LogP contribution in [0, 0.1) is 17.8 Å². The molecule has 0 aromatic carbocycles. The van der Waals surface area contributed by atoms with E-state index >= 15 is 0 Å².